The molecule has 0 saturated heterocycles. The van der Waals surface area contributed by atoms with E-state index < -0.39 is 0 Å². The molecular formula is C18H22Cl2N2O. The van der Waals surface area contributed by atoms with Crippen molar-refractivity contribution in [1.29, 1.82) is 0 Å². The van der Waals surface area contributed by atoms with Gasteiger partial charge in [-0.05, 0) is 52.8 Å². The first-order chi connectivity index (χ1) is 10.6. The molecule has 1 aromatic heterocycles. The molecule has 124 valence electrons. The van der Waals surface area contributed by atoms with Gasteiger partial charge in [0.1, 0.15) is 0 Å². The first-order valence-corrected chi connectivity index (χ1v) is 8.29. The van der Waals surface area contributed by atoms with E-state index in [-0.39, 0.29) is 17.9 Å². The van der Waals surface area contributed by atoms with Gasteiger partial charge in [-0.25, -0.2) is 0 Å². The number of anilines is 1. The van der Waals surface area contributed by atoms with Crippen molar-refractivity contribution < 1.29 is 4.79 Å². The zero-order valence-corrected chi connectivity index (χ0v) is 15.6. The minimum Gasteiger partial charge on any atom is -0.376 e. The van der Waals surface area contributed by atoms with Crippen molar-refractivity contribution in [3.63, 3.8) is 0 Å². The Morgan fingerprint density at radius 2 is 1.87 bits per heavy atom. The van der Waals surface area contributed by atoms with Gasteiger partial charge in [0.25, 0.3) is 0 Å². The number of carbonyl (C=O) groups excluding carboxylic acids is 1. The van der Waals surface area contributed by atoms with Crippen molar-refractivity contribution >= 4 is 34.7 Å². The van der Waals surface area contributed by atoms with Gasteiger partial charge in [0.05, 0.1) is 22.3 Å². The standard InChI is InChI=1S/C18H22Cl2N2O/c1-11-9-13(12(2)22(11)18(3,4)5)16(23)10-21-15-8-6-7-14(19)17(15)20/h6-9,21H,10H2,1-5H3. The fourth-order valence-corrected chi connectivity index (χ4v) is 3.36. The first kappa shape index (κ1) is 17.9. The van der Waals surface area contributed by atoms with Gasteiger partial charge < -0.3 is 9.88 Å². The summed E-state index contributed by atoms with van der Waals surface area (Å²) >= 11 is 12.1. The van der Waals surface area contributed by atoms with Crippen molar-refractivity contribution in [3.05, 3.63) is 51.3 Å². The van der Waals surface area contributed by atoms with Gasteiger partial charge in [-0.1, -0.05) is 29.3 Å². The number of carbonyl (C=O) groups is 1. The highest BCUT2D eigenvalue weighted by molar-refractivity contribution is 6.43. The average molecular weight is 353 g/mol. The molecule has 1 N–H and O–H groups in total. The van der Waals surface area contributed by atoms with Gasteiger partial charge in [0.15, 0.2) is 5.78 Å². The van der Waals surface area contributed by atoms with Gasteiger partial charge in [-0.2, -0.15) is 0 Å². The SMILES string of the molecule is Cc1cc(C(=O)CNc2cccc(Cl)c2Cl)c(C)n1C(C)(C)C. The van der Waals surface area contributed by atoms with Crippen molar-refractivity contribution in [1.82, 2.24) is 4.57 Å². The molecule has 1 heterocycles. The topological polar surface area (TPSA) is 34.0 Å². The average Bonchev–Trinajstić information content (AvgIpc) is 2.75. The molecule has 0 fully saturated rings. The number of nitrogens with zero attached hydrogens (tertiary/aromatic N) is 1. The van der Waals surface area contributed by atoms with Crippen molar-refractivity contribution in [2.75, 3.05) is 11.9 Å². The van der Waals surface area contributed by atoms with Gasteiger partial charge >= 0.3 is 0 Å². The van der Waals surface area contributed by atoms with Crippen LogP contribution < -0.4 is 5.32 Å². The highest BCUT2D eigenvalue weighted by atomic mass is 35.5. The fraction of sp³-hybridized carbons (Fsp3) is 0.389. The highest BCUT2D eigenvalue weighted by Gasteiger charge is 2.22. The number of nitrogens with one attached hydrogen (secondary N) is 1. The number of aromatic nitrogens is 1. The molecule has 23 heavy (non-hydrogen) atoms. The largest absolute Gasteiger partial charge is 0.376 e. The van der Waals surface area contributed by atoms with Crippen molar-refractivity contribution in [2.24, 2.45) is 0 Å². The number of rotatable bonds is 4. The van der Waals surface area contributed by atoms with E-state index in [4.69, 9.17) is 23.2 Å². The van der Waals surface area contributed by atoms with E-state index in [1.807, 2.05) is 19.9 Å². The zero-order chi connectivity index (χ0) is 17.4. The number of Topliss-reactive ketones (excluding diaryl/α,β-unsaturated/α-hetero) is 1. The Morgan fingerprint density at radius 1 is 1.22 bits per heavy atom. The number of aryl methyl sites for hydroxylation is 1. The molecule has 0 aliphatic rings. The van der Waals surface area contributed by atoms with Crippen LogP contribution in [0.25, 0.3) is 0 Å². The molecule has 5 heteroatoms. The lowest BCUT2D eigenvalue weighted by Crippen LogP contribution is -2.24. The molecule has 2 aromatic rings. The maximum absolute atomic E-state index is 12.6. The van der Waals surface area contributed by atoms with Crippen LogP contribution in [0.4, 0.5) is 5.69 Å². The van der Waals surface area contributed by atoms with E-state index in [0.717, 1.165) is 17.0 Å². The van der Waals surface area contributed by atoms with Gasteiger partial charge in [0.2, 0.25) is 0 Å². The van der Waals surface area contributed by atoms with Crippen molar-refractivity contribution in [2.45, 2.75) is 40.2 Å². The second-order valence-corrected chi connectivity index (χ2v) is 7.45. The lowest BCUT2D eigenvalue weighted by atomic mass is 10.1. The number of benzene rings is 1. The molecular weight excluding hydrogens is 331 g/mol. The summed E-state index contributed by atoms with van der Waals surface area (Å²) < 4.78 is 2.19. The van der Waals surface area contributed by atoms with Crippen molar-refractivity contribution in [3.8, 4) is 0 Å². The number of halogens is 2. The third-order valence-corrected chi connectivity index (χ3v) is 4.61. The Labute approximate surface area is 147 Å². The number of hydrogen-bond acceptors (Lipinski definition) is 2. The maximum atomic E-state index is 12.6. The Hall–Kier alpha value is -1.45. The van der Waals surface area contributed by atoms with Crippen LogP contribution in [0.3, 0.4) is 0 Å². The zero-order valence-electron chi connectivity index (χ0n) is 14.1. The van der Waals surface area contributed by atoms with Gasteiger partial charge in [-0.15, -0.1) is 0 Å². The maximum Gasteiger partial charge on any atom is 0.183 e. The molecule has 0 aliphatic heterocycles. The predicted octanol–water partition coefficient (Wildman–Crippen LogP) is 5.46. The van der Waals surface area contributed by atoms with E-state index in [9.17, 15) is 4.79 Å². The molecule has 3 nitrogen and oxygen atoms in total. The van der Waals surface area contributed by atoms with E-state index >= 15 is 0 Å². The molecule has 0 aliphatic carbocycles. The lowest BCUT2D eigenvalue weighted by Gasteiger charge is -2.25. The summed E-state index contributed by atoms with van der Waals surface area (Å²) in [7, 11) is 0. The lowest BCUT2D eigenvalue weighted by molar-refractivity contribution is 0.101. The smallest absolute Gasteiger partial charge is 0.183 e. The molecule has 0 radical (unpaired) electrons. The van der Waals surface area contributed by atoms with Crippen LogP contribution in [-0.4, -0.2) is 16.9 Å². The fourth-order valence-electron chi connectivity index (χ4n) is 2.99. The second-order valence-electron chi connectivity index (χ2n) is 6.67. The molecule has 1 aromatic carbocycles. The normalized spacial score (nSPS) is 11.6. The summed E-state index contributed by atoms with van der Waals surface area (Å²) in [5.41, 5.74) is 3.41. The first-order valence-electron chi connectivity index (χ1n) is 7.53. The number of hydrogen-bond donors (Lipinski definition) is 1. The van der Waals surface area contributed by atoms with Crippen LogP contribution in [0.15, 0.2) is 24.3 Å². The third-order valence-electron chi connectivity index (χ3n) is 3.79. The predicted molar refractivity (Wildman–Crippen MR) is 98.2 cm³/mol. The van der Waals surface area contributed by atoms with Gasteiger partial charge in [0, 0.05) is 22.5 Å². The monoisotopic (exact) mass is 352 g/mol. The number of ketones is 1. The summed E-state index contributed by atoms with van der Waals surface area (Å²) in [4.78, 5) is 12.6. The summed E-state index contributed by atoms with van der Waals surface area (Å²) in [6.07, 6.45) is 0. The molecule has 0 saturated carbocycles. The van der Waals surface area contributed by atoms with Crippen LogP contribution >= 0.6 is 23.2 Å². The molecule has 2 rings (SSSR count). The summed E-state index contributed by atoms with van der Waals surface area (Å²) in [6, 6.07) is 7.27. The summed E-state index contributed by atoms with van der Waals surface area (Å²) in [6.45, 7) is 10.6. The molecule has 0 unspecified atom stereocenters. The van der Waals surface area contributed by atoms with E-state index in [1.165, 1.54) is 0 Å². The Bertz CT molecular complexity index is 742. The quantitative estimate of drug-likeness (QED) is 0.741. The molecule has 0 spiro atoms. The Morgan fingerprint density at radius 3 is 2.43 bits per heavy atom. The van der Waals surface area contributed by atoms with E-state index in [0.29, 0.717) is 15.7 Å². The van der Waals surface area contributed by atoms with Crippen LogP contribution in [0.2, 0.25) is 10.0 Å². The third kappa shape index (κ3) is 3.73. The van der Waals surface area contributed by atoms with Gasteiger partial charge in [-0.3, -0.25) is 4.79 Å². The Kier molecular flexibility index (Phi) is 5.12. The molecule has 0 bridgehead atoms. The van der Waals surface area contributed by atoms with E-state index in [2.05, 4.69) is 30.7 Å². The summed E-state index contributed by atoms with van der Waals surface area (Å²) in [5.74, 6) is 0.0321. The summed E-state index contributed by atoms with van der Waals surface area (Å²) in [5, 5.41) is 3.97. The van der Waals surface area contributed by atoms with E-state index in [1.54, 1.807) is 18.2 Å². The minimum atomic E-state index is -0.0591. The minimum absolute atomic E-state index is 0.0321. The van der Waals surface area contributed by atoms with Crippen LogP contribution in [0, 0.1) is 13.8 Å². The second kappa shape index (κ2) is 6.58. The van der Waals surface area contributed by atoms with Crippen LogP contribution in [0.5, 0.6) is 0 Å². The Balaban J connectivity index is 2.21. The van der Waals surface area contributed by atoms with Crippen LogP contribution in [0.1, 0.15) is 42.5 Å². The van der Waals surface area contributed by atoms with Crippen LogP contribution in [-0.2, 0) is 5.54 Å². The molecule has 0 amide bonds. The molecule has 0 atom stereocenters. The highest BCUT2D eigenvalue weighted by Crippen LogP contribution is 2.30.